The third kappa shape index (κ3) is 4.04. The standard InChI is InChI=1S/C23H24N4O4/c1-15-13-27-14-20(25-22(27)16(2)24-15)19-11-17-3-4-18(12-21(17)31-23(19)28)30-10-7-26-5-8-29-9-6-26/h3-4,11-14H,5-10H2,1-2H3. The largest absolute Gasteiger partial charge is 0.492 e. The average Bonchev–Trinajstić information content (AvgIpc) is 3.18. The van der Waals surface area contributed by atoms with Crippen LogP contribution in [0, 0.1) is 13.8 Å². The molecule has 1 aliphatic rings. The Morgan fingerprint density at radius 1 is 1.10 bits per heavy atom. The molecule has 0 bridgehead atoms. The van der Waals surface area contributed by atoms with Crippen LogP contribution < -0.4 is 10.4 Å². The van der Waals surface area contributed by atoms with E-state index in [1.165, 1.54) is 0 Å². The summed E-state index contributed by atoms with van der Waals surface area (Å²) in [7, 11) is 0. The highest BCUT2D eigenvalue weighted by Gasteiger charge is 2.14. The van der Waals surface area contributed by atoms with E-state index in [4.69, 9.17) is 13.9 Å². The summed E-state index contributed by atoms with van der Waals surface area (Å²) in [4.78, 5) is 24.0. The molecule has 1 aliphatic heterocycles. The molecule has 5 rings (SSSR count). The molecule has 0 radical (unpaired) electrons. The maximum atomic E-state index is 12.7. The molecule has 1 aromatic carbocycles. The van der Waals surface area contributed by atoms with E-state index in [1.54, 1.807) is 6.07 Å². The summed E-state index contributed by atoms with van der Waals surface area (Å²) in [6.07, 6.45) is 3.72. The Hall–Kier alpha value is -3.23. The van der Waals surface area contributed by atoms with Crippen molar-refractivity contribution in [2.75, 3.05) is 39.5 Å². The Morgan fingerprint density at radius 2 is 1.94 bits per heavy atom. The van der Waals surface area contributed by atoms with E-state index in [9.17, 15) is 4.79 Å². The van der Waals surface area contributed by atoms with Crippen molar-refractivity contribution in [1.82, 2.24) is 19.3 Å². The number of imidazole rings is 1. The monoisotopic (exact) mass is 420 g/mol. The summed E-state index contributed by atoms with van der Waals surface area (Å²) >= 11 is 0. The van der Waals surface area contributed by atoms with E-state index in [0.29, 0.717) is 29.2 Å². The van der Waals surface area contributed by atoms with E-state index in [-0.39, 0.29) is 0 Å². The van der Waals surface area contributed by atoms with Gasteiger partial charge in [0.2, 0.25) is 0 Å². The topological polar surface area (TPSA) is 82.1 Å². The minimum absolute atomic E-state index is 0.425. The highest BCUT2D eigenvalue weighted by molar-refractivity contribution is 5.82. The van der Waals surface area contributed by atoms with E-state index < -0.39 is 5.63 Å². The molecule has 0 spiro atoms. The Balaban J connectivity index is 1.39. The van der Waals surface area contributed by atoms with Gasteiger partial charge in [-0.15, -0.1) is 0 Å². The van der Waals surface area contributed by atoms with Gasteiger partial charge in [-0.1, -0.05) is 0 Å². The fourth-order valence-corrected chi connectivity index (χ4v) is 3.91. The molecule has 1 saturated heterocycles. The molecule has 8 heteroatoms. The average molecular weight is 420 g/mol. The lowest BCUT2D eigenvalue weighted by molar-refractivity contribution is 0.0322. The SMILES string of the molecule is Cc1cn2cc(-c3cc4ccc(OCCN5CCOCC5)cc4oc3=O)nc2c(C)n1. The van der Waals surface area contributed by atoms with E-state index >= 15 is 0 Å². The van der Waals surface area contributed by atoms with Gasteiger partial charge in [-0.3, -0.25) is 9.88 Å². The molecular formula is C23H24N4O4. The number of aryl methyl sites for hydroxylation is 2. The first-order valence-electron chi connectivity index (χ1n) is 10.4. The Bertz CT molecular complexity index is 1300. The number of benzene rings is 1. The van der Waals surface area contributed by atoms with Crippen LogP contribution in [0.5, 0.6) is 5.75 Å². The van der Waals surface area contributed by atoms with Crippen molar-refractivity contribution in [3.8, 4) is 17.0 Å². The number of aromatic nitrogens is 3. The minimum atomic E-state index is -0.427. The summed E-state index contributed by atoms with van der Waals surface area (Å²) in [5.41, 5.74) is 3.49. The fourth-order valence-electron chi connectivity index (χ4n) is 3.91. The van der Waals surface area contributed by atoms with Crippen LogP contribution in [-0.2, 0) is 4.74 Å². The number of fused-ring (bicyclic) bond motifs is 2. The number of ether oxygens (including phenoxy) is 2. The number of hydrogen-bond acceptors (Lipinski definition) is 7. The first-order chi connectivity index (χ1) is 15.1. The lowest BCUT2D eigenvalue weighted by Gasteiger charge is -2.26. The smallest absolute Gasteiger partial charge is 0.345 e. The van der Waals surface area contributed by atoms with Crippen LogP contribution in [0.15, 0.2) is 45.9 Å². The van der Waals surface area contributed by atoms with Gasteiger partial charge in [0.25, 0.3) is 0 Å². The number of nitrogens with zero attached hydrogens (tertiary/aromatic N) is 4. The van der Waals surface area contributed by atoms with Crippen LogP contribution in [0.3, 0.4) is 0 Å². The lowest BCUT2D eigenvalue weighted by atomic mass is 10.1. The molecule has 4 heterocycles. The van der Waals surface area contributed by atoms with Gasteiger partial charge in [0.15, 0.2) is 5.65 Å². The second kappa shape index (κ2) is 8.13. The van der Waals surface area contributed by atoms with E-state index in [0.717, 1.165) is 55.3 Å². The zero-order valence-corrected chi connectivity index (χ0v) is 17.6. The van der Waals surface area contributed by atoms with Crippen molar-refractivity contribution in [1.29, 1.82) is 0 Å². The van der Waals surface area contributed by atoms with Gasteiger partial charge in [0.05, 0.1) is 35.9 Å². The van der Waals surface area contributed by atoms with Crippen LogP contribution in [0.2, 0.25) is 0 Å². The summed E-state index contributed by atoms with van der Waals surface area (Å²) in [5.74, 6) is 0.682. The third-order valence-electron chi connectivity index (χ3n) is 5.49. The molecule has 8 nitrogen and oxygen atoms in total. The van der Waals surface area contributed by atoms with Gasteiger partial charge in [-0.05, 0) is 32.0 Å². The third-order valence-corrected chi connectivity index (χ3v) is 5.49. The van der Waals surface area contributed by atoms with Crippen molar-refractivity contribution in [3.05, 3.63) is 58.5 Å². The lowest BCUT2D eigenvalue weighted by Crippen LogP contribution is -2.38. The molecule has 3 aromatic heterocycles. The molecule has 0 N–H and O–H groups in total. The zero-order valence-electron chi connectivity index (χ0n) is 17.6. The first kappa shape index (κ1) is 19.7. The van der Waals surface area contributed by atoms with E-state index in [2.05, 4.69) is 14.9 Å². The predicted molar refractivity (Wildman–Crippen MR) is 117 cm³/mol. The summed E-state index contributed by atoms with van der Waals surface area (Å²) in [5, 5.41) is 0.818. The molecule has 0 saturated carbocycles. The van der Waals surface area contributed by atoms with Gasteiger partial charge in [0, 0.05) is 43.5 Å². The van der Waals surface area contributed by atoms with Gasteiger partial charge in [-0.2, -0.15) is 0 Å². The Labute approximate surface area is 179 Å². The van der Waals surface area contributed by atoms with Crippen molar-refractivity contribution >= 4 is 16.6 Å². The molecule has 0 unspecified atom stereocenters. The zero-order chi connectivity index (χ0) is 21.4. The molecule has 4 aromatic rings. The van der Waals surface area contributed by atoms with Gasteiger partial charge >= 0.3 is 5.63 Å². The van der Waals surface area contributed by atoms with Crippen LogP contribution in [0.1, 0.15) is 11.4 Å². The van der Waals surface area contributed by atoms with Crippen molar-refractivity contribution in [2.45, 2.75) is 13.8 Å². The molecule has 160 valence electrons. The molecular weight excluding hydrogens is 396 g/mol. The highest BCUT2D eigenvalue weighted by Crippen LogP contribution is 2.25. The first-order valence-corrected chi connectivity index (χ1v) is 10.4. The van der Waals surface area contributed by atoms with E-state index in [1.807, 2.05) is 48.8 Å². The summed E-state index contributed by atoms with van der Waals surface area (Å²) in [6, 6.07) is 7.38. The molecule has 1 fully saturated rings. The maximum Gasteiger partial charge on any atom is 0.345 e. The van der Waals surface area contributed by atoms with Crippen LogP contribution in [-0.4, -0.2) is 58.7 Å². The number of rotatable bonds is 5. The Morgan fingerprint density at radius 3 is 2.77 bits per heavy atom. The van der Waals surface area contributed by atoms with Gasteiger partial charge in [0.1, 0.15) is 17.9 Å². The minimum Gasteiger partial charge on any atom is -0.492 e. The van der Waals surface area contributed by atoms with Gasteiger partial charge in [-0.25, -0.2) is 9.78 Å². The van der Waals surface area contributed by atoms with Gasteiger partial charge < -0.3 is 18.3 Å². The molecule has 0 amide bonds. The Kier molecular flexibility index (Phi) is 5.17. The van der Waals surface area contributed by atoms with Crippen molar-refractivity contribution < 1.29 is 13.9 Å². The molecule has 31 heavy (non-hydrogen) atoms. The molecule has 0 atom stereocenters. The highest BCUT2D eigenvalue weighted by atomic mass is 16.5. The predicted octanol–water partition coefficient (Wildman–Crippen LogP) is 2.83. The van der Waals surface area contributed by atoms with Crippen molar-refractivity contribution in [3.63, 3.8) is 0 Å². The van der Waals surface area contributed by atoms with Crippen LogP contribution in [0.4, 0.5) is 0 Å². The summed E-state index contributed by atoms with van der Waals surface area (Å²) < 4.78 is 18.7. The van der Waals surface area contributed by atoms with Crippen molar-refractivity contribution in [2.24, 2.45) is 0 Å². The normalized spacial score (nSPS) is 15.0. The maximum absolute atomic E-state index is 12.7. The second-order valence-electron chi connectivity index (χ2n) is 7.77. The quantitative estimate of drug-likeness (QED) is 0.459. The number of morpholine rings is 1. The van der Waals surface area contributed by atoms with Crippen LogP contribution in [0.25, 0.3) is 27.9 Å². The second-order valence-corrected chi connectivity index (χ2v) is 7.77. The summed E-state index contributed by atoms with van der Waals surface area (Å²) in [6.45, 7) is 8.64. The molecule has 0 aliphatic carbocycles. The fraction of sp³-hybridized carbons (Fsp3) is 0.348. The number of hydrogen-bond donors (Lipinski definition) is 0. The van der Waals surface area contributed by atoms with Crippen LogP contribution >= 0.6 is 0 Å².